The number of halogens is 1. The Morgan fingerprint density at radius 2 is 2.13 bits per heavy atom. The molecule has 0 bridgehead atoms. The Bertz CT molecular complexity index is 350. The van der Waals surface area contributed by atoms with Crippen LogP contribution in [-0.2, 0) is 11.3 Å². The van der Waals surface area contributed by atoms with E-state index in [1.807, 2.05) is 24.3 Å². The van der Waals surface area contributed by atoms with Crippen LogP contribution in [0.4, 0.5) is 0 Å². The van der Waals surface area contributed by atoms with E-state index in [0.29, 0.717) is 6.42 Å². The van der Waals surface area contributed by atoms with Crippen molar-refractivity contribution in [1.29, 1.82) is 0 Å². The van der Waals surface area contributed by atoms with Crippen LogP contribution in [0, 0.1) is 0 Å². The molecule has 1 aromatic carbocycles. The molecule has 1 aromatic rings. The van der Waals surface area contributed by atoms with Crippen molar-refractivity contribution >= 4 is 17.5 Å². The SMILES string of the molecule is O=C1CC(NCc2ccc(Cl)cc2)CN1. The molecule has 1 unspecified atom stereocenters. The van der Waals surface area contributed by atoms with Crippen LogP contribution >= 0.6 is 11.6 Å². The van der Waals surface area contributed by atoms with Gasteiger partial charge in [-0.2, -0.15) is 0 Å². The fourth-order valence-electron chi connectivity index (χ4n) is 1.61. The smallest absolute Gasteiger partial charge is 0.221 e. The van der Waals surface area contributed by atoms with Crippen LogP contribution < -0.4 is 10.6 Å². The summed E-state index contributed by atoms with van der Waals surface area (Å²) in [6, 6.07) is 7.97. The monoisotopic (exact) mass is 224 g/mol. The Morgan fingerprint density at radius 1 is 1.40 bits per heavy atom. The van der Waals surface area contributed by atoms with Crippen molar-refractivity contribution in [2.24, 2.45) is 0 Å². The minimum absolute atomic E-state index is 0.128. The van der Waals surface area contributed by atoms with Gasteiger partial charge in [-0.3, -0.25) is 4.79 Å². The Morgan fingerprint density at radius 3 is 2.73 bits per heavy atom. The molecule has 15 heavy (non-hydrogen) atoms. The van der Waals surface area contributed by atoms with Crippen molar-refractivity contribution in [3.05, 3.63) is 34.9 Å². The molecule has 2 rings (SSSR count). The standard InChI is InChI=1S/C11H13ClN2O/c12-9-3-1-8(2-4-9)6-13-10-5-11(15)14-7-10/h1-4,10,13H,5-7H2,(H,14,15). The fraction of sp³-hybridized carbons (Fsp3) is 0.364. The average Bonchev–Trinajstić information content (AvgIpc) is 2.64. The van der Waals surface area contributed by atoms with Crippen LogP contribution in [-0.4, -0.2) is 18.5 Å². The van der Waals surface area contributed by atoms with Crippen LogP contribution in [0.25, 0.3) is 0 Å². The molecule has 1 fully saturated rings. The molecule has 1 amide bonds. The lowest BCUT2D eigenvalue weighted by atomic mass is 10.2. The molecule has 80 valence electrons. The highest BCUT2D eigenvalue weighted by Gasteiger charge is 2.20. The molecule has 0 aliphatic carbocycles. The first kappa shape index (κ1) is 10.5. The maximum atomic E-state index is 10.9. The van der Waals surface area contributed by atoms with Crippen LogP contribution in [0.15, 0.2) is 24.3 Å². The summed E-state index contributed by atoms with van der Waals surface area (Å²) in [5.74, 6) is 0.128. The second-order valence-corrected chi connectivity index (χ2v) is 4.15. The lowest BCUT2D eigenvalue weighted by Crippen LogP contribution is -2.30. The number of benzene rings is 1. The highest BCUT2D eigenvalue weighted by atomic mass is 35.5. The molecule has 1 saturated heterocycles. The molecule has 1 aliphatic heterocycles. The zero-order valence-electron chi connectivity index (χ0n) is 8.29. The highest BCUT2D eigenvalue weighted by Crippen LogP contribution is 2.09. The predicted molar refractivity (Wildman–Crippen MR) is 59.7 cm³/mol. The van der Waals surface area contributed by atoms with E-state index in [1.54, 1.807) is 0 Å². The van der Waals surface area contributed by atoms with E-state index in [2.05, 4.69) is 10.6 Å². The second kappa shape index (κ2) is 4.64. The van der Waals surface area contributed by atoms with E-state index in [9.17, 15) is 4.79 Å². The number of rotatable bonds is 3. The molecule has 2 N–H and O–H groups in total. The van der Waals surface area contributed by atoms with E-state index >= 15 is 0 Å². The largest absolute Gasteiger partial charge is 0.354 e. The van der Waals surface area contributed by atoms with Gasteiger partial charge >= 0.3 is 0 Å². The topological polar surface area (TPSA) is 41.1 Å². The zero-order chi connectivity index (χ0) is 10.7. The molecule has 4 heteroatoms. The molecular weight excluding hydrogens is 212 g/mol. The van der Waals surface area contributed by atoms with Gasteiger partial charge in [0.1, 0.15) is 0 Å². The molecule has 1 heterocycles. The van der Waals surface area contributed by atoms with E-state index in [4.69, 9.17) is 11.6 Å². The molecule has 0 aromatic heterocycles. The van der Waals surface area contributed by atoms with Gasteiger partial charge in [0, 0.05) is 30.6 Å². The van der Waals surface area contributed by atoms with Gasteiger partial charge in [0.05, 0.1) is 0 Å². The summed E-state index contributed by atoms with van der Waals surface area (Å²) in [7, 11) is 0. The van der Waals surface area contributed by atoms with Gasteiger partial charge in [0.2, 0.25) is 5.91 Å². The second-order valence-electron chi connectivity index (χ2n) is 3.71. The van der Waals surface area contributed by atoms with Crippen molar-refractivity contribution in [3.8, 4) is 0 Å². The summed E-state index contributed by atoms with van der Waals surface area (Å²) in [4.78, 5) is 10.9. The highest BCUT2D eigenvalue weighted by molar-refractivity contribution is 6.30. The normalized spacial score (nSPS) is 20.3. The van der Waals surface area contributed by atoms with Crippen molar-refractivity contribution in [3.63, 3.8) is 0 Å². The maximum Gasteiger partial charge on any atom is 0.221 e. The van der Waals surface area contributed by atoms with Gasteiger partial charge in [-0.05, 0) is 17.7 Å². The van der Waals surface area contributed by atoms with Gasteiger partial charge in [-0.15, -0.1) is 0 Å². The van der Waals surface area contributed by atoms with Crippen molar-refractivity contribution in [2.45, 2.75) is 19.0 Å². The third-order valence-electron chi connectivity index (χ3n) is 2.49. The third kappa shape index (κ3) is 2.94. The van der Waals surface area contributed by atoms with E-state index in [0.717, 1.165) is 18.1 Å². The maximum absolute atomic E-state index is 10.9. The Hall–Kier alpha value is -1.06. The first-order chi connectivity index (χ1) is 7.24. The number of hydrogen-bond donors (Lipinski definition) is 2. The summed E-state index contributed by atoms with van der Waals surface area (Å²) in [5, 5.41) is 6.86. The van der Waals surface area contributed by atoms with Gasteiger partial charge in [-0.25, -0.2) is 0 Å². The molecule has 1 atom stereocenters. The number of carbonyl (C=O) groups excluding carboxylic acids is 1. The minimum atomic E-state index is 0.128. The van der Waals surface area contributed by atoms with Crippen LogP contribution in [0.3, 0.4) is 0 Å². The van der Waals surface area contributed by atoms with E-state index in [1.165, 1.54) is 5.56 Å². The predicted octanol–water partition coefficient (Wildman–Crippen LogP) is 1.32. The molecule has 0 saturated carbocycles. The lowest BCUT2D eigenvalue weighted by molar-refractivity contribution is -0.119. The fourth-order valence-corrected chi connectivity index (χ4v) is 1.74. The van der Waals surface area contributed by atoms with Gasteiger partial charge in [0.25, 0.3) is 0 Å². The summed E-state index contributed by atoms with van der Waals surface area (Å²) in [5.41, 5.74) is 1.18. The number of carbonyl (C=O) groups is 1. The quantitative estimate of drug-likeness (QED) is 0.813. The third-order valence-corrected chi connectivity index (χ3v) is 2.74. The van der Waals surface area contributed by atoms with Crippen LogP contribution in [0.2, 0.25) is 5.02 Å². The number of hydrogen-bond acceptors (Lipinski definition) is 2. The van der Waals surface area contributed by atoms with Crippen LogP contribution in [0.1, 0.15) is 12.0 Å². The first-order valence-electron chi connectivity index (χ1n) is 4.98. The summed E-state index contributed by atoms with van der Waals surface area (Å²) >= 11 is 5.78. The van der Waals surface area contributed by atoms with Crippen molar-refractivity contribution in [2.75, 3.05) is 6.54 Å². The number of nitrogens with one attached hydrogen (secondary N) is 2. The van der Waals surface area contributed by atoms with Gasteiger partial charge < -0.3 is 10.6 Å². The first-order valence-corrected chi connectivity index (χ1v) is 5.36. The summed E-state index contributed by atoms with van der Waals surface area (Å²) < 4.78 is 0. The van der Waals surface area contributed by atoms with Crippen LogP contribution in [0.5, 0.6) is 0 Å². The van der Waals surface area contributed by atoms with E-state index < -0.39 is 0 Å². The van der Waals surface area contributed by atoms with Gasteiger partial charge in [-0.1, -0.05) is 23.7 Å². The summed E-state index contributed by atoms with van der Waals surface area (Å²) in [6.45, 7) is 1.50. The molecule has 3 nitrogen and oxygen atoms in total. The van der Waals surface area contributed by atoms with Gasteiger partial charge in [0.15, 0.2) is 0 Å². The Labute approximate surface area is 93.8 Å². The molecule has 0 radical (unpaired) electrons. The van der Waals surface area contributed by atoms with Crippen molar-refractivity contribution in [1.82, 2.24) is 10.6 Å². The zero-order valence-corrected chi connectivity index (χ0v) is 9.05. The van der Waals surface area contributed by atoms with E-state index in [-0.39, 0.29) is 11.9 Å². The number of amides is 1. The van der Waals surface area contributed by atoms with Crippen molar-refractivity contribution < 1.29 is 4.79 Å². The molecule has 1 aliphatic rings. The molecule has 0 spiro atoms. The Balaban J connectivity index is 1.83. The minimum Gasteiger partial charge on any atom is -0.354 e. The Kier molecular flexibility index (Phi) is 3.23. The molecular formula is C11H13ClN2O. The average molecular weight is 225 g/mol. The summed E-state index contributed by atoms with van der Waals surface area (Å²) in [6.07, 6.45) is 0.577. The lowest BCUT2D eigenvalue weighted by Gasteiger charge is -2.09.